The summed E-state index contributed by atoms with van der Waals surface area (Å²) in [5, 5.41) is 4.17. The second kappa shape index (κ2) is 7.20. The summed E-state index contributed by atoms with van der Waals surface area (Å²) >= 11 is 0. The number of carbonyl (C=O) groups is 1. The zero-order chi connectivity index (χ0) is 15.2. The standard InChI is InChI=1S/C17H22N4O/c22-17(8-4-11-20-12-5-10-19-20)21-13-2-1-7-16(21)15-6-3-9-18-14-15/h3,5-6,9-10,12,14,16H,1-2,4,7-8,11,13H2/t16-/m0/s1. The topological polar surface area (TPSA) is 51.0 Å². The summed E-state index contributed by atoms with van der Waals surface area (Å²) in [6, 6.07) is 6.13. The van der Waals surface area contributed by atoms with Crippen LogP contribution in [0.4, 0.5) is 0 Å². The molecule has 0 bridgehead atoms. The third-order valence-electron chi connectivity index (χ3n) is 4.23. The van der Waals surface area contributed by atoms with E-state index < -0.39 is 0 Å². The first-order valence-corrected chi connectivity index (χ1v) is 8.01. The smallest absolute Gasteiger partial charge is 0.223 e. The molecule has 3 heterocycles. The van der Waals surface area contributed by atoms with Gasteiger partial charge in [-0.3, -0.25) is 14.5 Å². The second-order valence-corrected chi connectivity index (χ2v) is 5.76. The van der Waals surface area contributed by atoms with Crippen molar-refractivity contribution in [3.8, 4) is 0 Å². The first kappa shape index (κ1) is 14.8. The molecule has 3 rings (SSSR count). The van der Waals surface area contributed by atoms with Gasteiger partial charge in [-0.25, -0.2) is 0 Å². The fraction of sp³-hybridized carbons (Fsp3) is 0.471. The van der Waals surface area contributed by atoms with Gasteiger partial charge in [-0.2, -0.15) is 5.10 Å². The van der Waals surface area contributed by atoms with Crippen LogP contribution in [-0.2, 0) is 11.3 Å². The van der Waals surface area contributed by atoms with Crippen LogP contribution in [0, 0.1) is 0 Å². The van der Waals surface area contributed by atoms with E-state index in [2.05, 4.69) is 16.1 Å². The average Bonchev–Trinajstić information content (AvgIpc) is 3.09. The Balaban J connectivity index is 1.59. The van der Waals surface area contributed by atoms with Crippen LogP contribution in [0.25, 0.3) is 0 Å². The van der Waals surface area contributed by atoms with Crippen molar-refractivity contribution in [3.63, 3.8) is 0 Å². The Labute approximate surface area is 131 Å². The zero-order valence-corrected chi connectivity index (χ0v) is 12.8. The molecule has 1 atom stereocenters. The predicted molar refractivity (Wildman–Crippen MR) is 84.0 cm³/mol. The van der Waals surface area contributed by atoms with E-state index in [1.165, 1.54) is 6.42 Å². The Morgan fingerprint density at radius 2 is 2.23 bits per heavy atom. The number of hydrogen-bond acceptors (Lipinski definition) is 3. The lowest BCUT2D eigenvalue weighted by Gasteiger charge is -2.36. The summed E-state index contributed by atoms with van der Waals surface area (Å²) in [6.45, 7) is 1.66. The van der Waals surface area contributed by atoms with Crippen molar-refractivity contribution >= 4 is 5.91 Å². The minimum absolute atomic E-state index is 0.194. The summed E-state index contributed by atoms with van der Waals surface area (Å²) in [7, 11) is 0. The molecule has 0 unspecified atom stereocenters. The fourth-order valence-electron chi connectivity index (χ4n) is 3.12. The highest BCUT2D eigenvalue weighted by Gasteiger charge is 2.27. The minimum atomic E-state index is 0.194. The Morgan fingerprint density at radius 3 is 3.00 bits per heavy atom. The monoisotopic (exact) mass is 298 g/mol. The molecular weight excluding hydrogens is 276 g/mol. The maximum atomic E-state index is 12.6. The third-order valence-corrected chi connectivity index (χ3v) is 4.23. The Kier molecular flexibility index (Phi) is 4.83. The molecule has 0 N–H and O–H groups in total. The molecule has 0 radical (unpaired) electrons. The lowest BCUT2D eigenvalue weighted by molar-refractivity contribution is -0.135. The van der Waals surface area contributed by atoms with Crippen molar-refractivity contribution in [1.29, 1.82) is 0 Å². The van der Waals surface area contributed by atoms with Gasteiger partial charge >= 0.3 is 0 Å². The van der Waals surface area contributed by atoms with Crippen LogP contribution in [0.3, 0.4) is 0 Å². The summed E-state index contributed by atoms with van der Waals surface area (Å²) in [4.78, 5) is 18.8. The molecule has 5 nitrogen and oxygen atoms in total. The molecule has 1 fully saturated rings. The van der Waals surface area contributed by atoms with Crippen LogP contribution in [0.2, 0.25) is 0 Å². The number of amides is 1. The predicted octanol–water partition coefficient (Wildman–Crippen LogP) is 2.81. The number of carbonyl (C=O) groups excluding carboxylic acids is 1. The summed E-state index contributed by atoms with van der Waals surface area (Å²) in [5.74, 6) is 0.251. The van der Waals surface area contributed by atoms with E-state index in [1.807, 2.05) is 34.1 Å². The molecule has 22 heavy (non-hydrogen) atoms. The number of pyridine rings is 1. The number of aromatic nitrogens is 3. The largest absolute Gasteiger partial charge is 0.336 e. The van der Waals surface area contributed by atoms with E-state index in [-0.39, 0.29) is 11.9 Å². The molecule has 5 heteroatoms. The summed E-state index contributed by atoms with van der Waals surface area (Å²) in [5.41, 5.74) is 1.16. The van der Waals surface area contributed by atoms with Gasteiger partial charge in [-0.15, -0.1) is 0 Å². The van der Waals surface area contributed by atoms with Gasteiger partial charge in [-0.05, 0) is 43.4 Å². The Hall–Kier alpha value is -2.17. The van der Waals surface area contributed by atoms with Gasteiger partial charge in [0.2, 0.25) is 5.91 Å². The quantitative estimate of drug-likeness (QED) is 0.853. The molecule has 1 aliphatic heterocycles. The molecule has 2 aromatic rings. The van der Waals surface area contributed by atoms with Crippen LogP contribution < -0.4 is 0 Å². The Morgan fingerprint density at radius 1 is 1.27 bits per heavy atom. The van der Waals surface area contributed by atoms with Gasteiger partial charge < -0.3 is 4.90 Å². The first-order valence-electron chi connectivity index (χ1n) is 8.01. The lowest BCUT2D eigenvalue weighted by atomic mass is 9.96. The minimum Gasteiger partial charge on any atom is -0.336 e. The molecule has 0 spiro atoms. The molecule has 1 aliphatic rings. The van der Waals surface area contributed by atoms with E-state index in [4.69, 9.17) is 0 Å². The molecule has 1 amide bonds. The van der Waals surface area contributed by atoms with Crippen molar-refractivity contribution in [2.75, 3.05) is 6.54 Å². The van der Waals surface area contributed by atoms with Crippen molar-refractivity contribution in [1.82, 2.24) is 19.7 Å². The normalized spacial score (nSPS) is 18.4. The van der Waals surface area contributed by atoms with Gasteiger partial charge in [0.05, 0.1) is 6.04 Å². The second-order valence-electron chi connectivity index (χ2n) is 5.76. The van der Waals surface area contributed by atoms with Crippen molar-refractivity contribution < 1.29 is 4.79 Å². The maximum absolute atomic E-state index is 12.6. The van der Waals surface area contributed by atoms with E-state index in [0.717, 1.165) is 37.9 Å². The highest BCUT2D eigenvalue weighted by atomic mass is 16.2. The lowest BCUT2D eigenvalue weighted by Crippen LogP contribution is -2.38. The molecule has 0 aromatic carbocycles. The van der Waals surface area contributed by atoms with Crippen LogP contribution in [0.1, 0.15) is 43.7 Å². The van der Waals surface area contributed by atoms with Crippen molar-refractivity contribution in [2.45, 2.75) is 44.7 Å². The van der Waals surface area contributed by atoms with Gasteiger partial charge in [0.25, 0.3) is 0 Å². The fourth-order valence-corrected chi connectivity index (χ4v) is 3.12. The highest BCUT2D eigenvalue weighted by Crippen LogP contribution is 2.31. The van der Waals surface area contributed by atoms with E-state index in [0.29, 0.717) is 6.42 Å². The third kappa shape index (κ3) is 3.53. The molecule has 116 valence electrons. The molecular formula is C17H22N4O. The molecule has 0 aliphatic carbocycles. The van der Waals surface area contributed by atoms with E-state index in [1.54, 1.807) is 12.4 Å². The average molecular weight is 298 g/mol. The van der Waals surface area contributed by atoms with Crippen molar-refractivity contribution in [3.05, 3.63) is 48.5 Å². The SMILES string of the molecule is O=C(CCCn1cccn1)N1CCCC[C@H]1c1cccnc1. The van der Waals surface area contributed by atoms with Crippen LogP contribution in [0.15, 0.2) is 43.0 Å². The van der Waals surface area contributed by atoms with Crippen LogP contribution in [0.5, 0.6) is 0 Å². The number of aryl methyl sites for hydroxylation is 1. The molecule has 1 saturated heterocycles. The number of nitrogens with zero attached hydrogens (tertiary/aromatic N) is 4. The van der Waals surface area contributed by atoms with Gasteiger partial charge in [0.15, 0.2) is 0 Å². The van der Waals surface area contributed by atoms with Crippen molar-refractivity contribution in [2.24, 2.45) is 0 Å². The number of piperidine rings is 1. The highest BCUT2D eigenvalue weighted by molar-refractivity contribution is 5.76. The molecule has 2 aromatic heterocycles. The number of rotatable bonds is 5. The van der Waals surface area contributed by atoms with Gasteiger partial charge in [0, 0.05) is 44.3 Å². The number of likely N-dealkylation sites (tertiary alicyclic amines) is 1. The zero-order valence-electron chi connectivity index (χ0n) is 12.8. The van der Waals surface area contributed by atoms with E-state index >= 15 is 0 Å². The number of hydrogen-bond donors (Lipinski definition) is 0. The van der Waals surface area contributed by atoms with Gasteiger partial charge in [0.1, 0.15) is 0 Å². The maximum Gasteiger partial charge on any atom is 0.223 e. The van der Waals surface area contributed by atoms with Gasteiger partial charge in [-0.1, -0.05) is 6.07 Å². The van der Waals surface area contributed by atoms with Crippen LogP contribution >= 0.6 is 0 Å². The molecule has 0 saturated carbocycles. The Bertz CT molecular complexity index is 582. The summed E-state index contributed by atoms with van der Waals surface area (Å²) in [6.07, 6.45) is 12.1. The summed E-state index contributed by atoms with van der Waals surface area (Å²) < 4.78 is 1.88. The van der Waals surface area contributed by atoms with E-state index in [9.17, 15) is 4.79 Å². The first-order chi connectivity index (χ1) is 10.8. The van der Waals surface area contributed by atoms with Crippen LogP contribution in [-0.4, -0.2) is 32.1 Å².